The van der Waals surface area contributed by atoms with E-state index in [0.29, 0.717) is 24.3 Å². The third-order valence-electron chi connectivity index (χ3n) is 3.47. The zero-order valence-electron chi connectivity index (χ0n) is 11.8. The van der Waals surface area contributed by atoms with Crippen molar-refractivity contribution in [2.24, 2.45) is 0 Å². The first-order valence-electron chi connectivity index (χ1n) is 6.75. The van der Waals surface area contributed by atoms with Crippen molar-refractivity contribution in [2.45, 2.75) is 45.8 Å². The molecule has 1 saturated heterocycles. The fourth-order valence-electron chi connectivity index (χ4n) is 2.21. The van der Waals surface area contributed by atoms with Crippen molar-refractivity contribution in [1.82, 2.24) is 15.1 Å². The van der Waals surface area contributed by atoms with Crippen LogP contribution in [-0.2, 0) is 20.9 Å². The lowest BCUT2D eigenvalue weighted by molar-refractivity contribution is -0.156. The summed E-state index contributed by atoms with van der Waals surface area (Å²) in [6, 6.07) is 0. The molecule has 1 aromatic heterocycles. The number of carbonyl (C=O) groups excluding carboxylic acids is 2. The van der Waals surface area contributed by atoms with Gasteiger partial charge < -0.3 is 15.8 Å². The zero-order chi connectivity index (χ0) is 14.7. The largest absolute Gasteiger partial charge is 0.451 e. The first-order chi connectivity index (χ1) is 9.49. The normalized spacial score (nSPS) is 19.3. The number of rotatable bonds is 3. The van der Waals surface area contributed by atoms with Gasteiger partial charge in [-0.2, -0.15) is 5.10 Å². The average molecular weight is 280 g/mol. The standard InChI is InChI=1S/C13H20N4O3/c1-8-12(14)9(2)17(16-8)7-11(18)20-10-5-3-4-6-15-13(10)19/h10H,3-7,14H2,1-2H3,(H,15,19). The minimum absolute atomic E-state index is 0.0341. The molecule has 1 aromatic rings. The average Bonchev–Trinajstić information content (AvgIpc) is 2.58. The van der Waals surface area contributed by atoms with Crippen LogP contribution in [-0.4, -0.2) is 34.3 Å². The highest BCUT2D eigenvalue weighted by Crippen LogP contribution is 2.15. The van der Waals surface area contributed by atoms with Gasteiger partial charge in [-0.3, -0.25) is 14.3 Å². The van der Waals surface area contributed by atoms with E-state index in [2.05, 4.69) is 10.4 Å². The predicted molar refractivity (Wildman–Crippen MR) is 72.9 cm³/mol. The van der Waals surface area contributed by atoms with Crippen LogP contribution in [0.3, 0.4) is 0 Å². The molecule has 3 N–H and O–H groups in total. The van der Waals surface area contributed by atoms with Crippen molar-refractivity contribution in [2.75, 3.05) is 12.3 Å². The molecule has 0 saturated carbocycles. The van der Waals surface area contributed by atoms with E-state index in [9.17, 15) is 9.59 Å². The van der Waals surface area contributed by atoms with Crippen molar-refractivity contribution in [3.63, 3.8) is 0 Å². The lowest BCUT2D eigenvalue weighted by Crippen LogP contribution is -2.36. The van der Waals surface area contributed by atoms with Crippen LogP contribution in [0.25, 0.3) is 0 Å². The summed E-state index contributed by atoms with van der Waals surface area (Å²) in [5.41, 5.74) is 7.79. The van der Waals surface area contributed by atoms with Gasteiger partial charge in [0.1, 0.15) is 6.54 Å². The molecule has 0 radical (unpaired) electrons. The Morgan fingerprint density at radius 1 is 1.50 bits per heavy atom. The van der Waals surface area contributed by atoms with E-state index in [1.54, 1.807) is 13.8 Å². The summed E-state index contributed by atoms with van der Waals surface area (Å²) in [7, 11) is 0. The molecule has 7 nitrogen and oxygen atoms in total. The first-order valence-corrected chi connectivity index (χ1v) is 6.75. The molecule has 110 valence electrons. The number of aryl methyl sites for hydroxylation is 1. The van der Waals surface area contributed by atoms with Crippen LogP contribution in [0.2, 0.25) is 0 Å². The van der Waals surface area contributed by atoms with Crippen molar-refractivity contribution in [3.05, 3.63) is 11.4 Å². The monoisotopic (exact) mass is 280 g/mol. The molecule has 1 unspecified atom stereocenters. The van der Waals surface area contributed by atoms with E-state index in [-0.39, 0.29) is 12.5 Å². The van der Waals surface area contributed by atoms with E-state index in [1.807, 2.05) is 0 Å². The molecule has 2 heterocycles. The van der Waals surface area contributed by atoms with Crippen LogP contribution < -0.4 is 11.1 Å². The Bertz CT molecular complexity index is 524. The van der Waals surface area contributed by atoms with Gasteiger partial charge in [-0.05, 0) is 33.1 Å². The maximum absolute atomic E-state index is 11.9. The number of esters is 1. The number of amides is 1. The SMILES string of the molecule is Cc1nn(CC(=O)OC2CCCCNC2=O)c(C)c1N. The number of nitrogen functional groups attached to an aromatic ring is 1. The summed E-state index contributed by atoms with van der Waals surface area (Å²) in [6.07, 6.45) is 1.65. The summed E-state index contributed by atoms with van der Waals surface area (Å²) in [5, 5.41) is 6.90. The molecule has 7 heteroatoms. The van der Waals surface area contributed by atoms with Crippen molar-refractivity contribution in [3.8, 4) is 0 Å². The highest BCUT2D eigenvalue weighted by atomic mass is 16.5. The highest BCUT2D eigenvalue weighted by Gasteiger charge is 2.25. The van der Waals surface area contributed by atoms with Gasteiger partial charge >= 0.3 is 5.97 Å². The molecule has 0 spiro atoms. The first kappa shape index (κ1) is 14.4. The summed E-state index contributed by atoms with van der Waals surface area (Å²) >= 11 is 0. The molecular weight excluding hydrogens is 260 g/mol. The van der Waals surface area contributed by atoms with Crippen LogP contribution in [0.1, 0.15) is 30.7 Å². The maximum atomic E-state index is 11.9. The maximum Gasteiger partial charge on any atom is 0.328 e. The fourth-order valence-corrected chi connectivity index (χ4v) is 2.21. The molecule has 2 rings (SSSR count). The second-order valence-electron chi connectivity index (χ2n) is 5.01. The van der Waals surface area contributed by atoms with Gasteiger partial charge in [0.05, 0.1) is 17.1 Å². The minimum atomic E-state index is -0.695. The second-order valence-corrected chi connectivity index (χ2v) is 5.01. The number of ether oxygens (including phenoxy) is 1. The summed E-state index contributed by atoms with van der Waals surface area (Å²) in [4.78, 5) is 23.6. The van der Waals surface area contributed by atoms with E-state index in [4.69, 9.17) is 10.5 Å². The van der Waals surface area contributed by atoms with Gasteiger partial charge in [-0.15, -0.1) is 0 Å². The number of aromatic nitrogens is 2. The zero-order valence-corrected chi connectivity index (χ0v) is 11.8. The Balaban J connectivity index is 1.98. The Labute approximate surface area is 117 Å². The number of nitrogens with two attached hydrogens (primary N) is 1. The quantitative estimate of drug-likeness (QED) is 0.775. The van der Waals surface area contributed by atoms with Crippen LogP contribution in [0.15, 0.2) is 0 Å². The molecule has 1 aliphatic heterocycles. The smallest absolute Gasteiger partial charge is 0.328 e. The van der Waals surface area contributed by atoms with Crippen molar-refractivity contribution < 1.29 is 14.3 Å². The van der Waals surface area contributed by atoms with Gasteiger partial charge in [-0.25, -0.2) is 0 Å². The summed E-state index contributed by atoms with van der Waals surface area (Å²) in [5.74, 6) is -0.693. The molecular formula is C13H20N4O3. The lowest BCUT2D eigenvalue weighted by Gasteiger charge is -2.14. The third-order valence-corrected chi connectivity index (χ3v) is 3.47. The van der Waals surface area contributed by atoms with Crippen LogP contribution >= 0.6 is 0 Å². The number of hydrogen-bond acceptors (Lipinski definition) is 5. The van der Waals surface area contributed by atoms with Gasteiger partial charge in [-0.1, -0.05) is 0 Å². The predicted octanol–water partition coefficient (Wildman–Crippen LogP) is 0.294. The fraction of sp³-hybridized carbons (Fsp3) is 0.615. The number of carbonyl (C=O) groups is 2. The molecule has 1 atom stereocenters. The molecule has 0 aromatic carbocycles. The van der Waals surface area contributed by atoms with E-state index >= 15 is 0 Å². The van der Waals surface area contributed by atoms with E-state index < -0.39 is 12.1 Å². The van der Waals surface area contributed by atoms with Crippen LogP contribution in [0.5, 0.6) is 0 Å². The van der Waals surface area contributed by atoms with E-state index in [1.165, 1.54) is 4.68 Å². The second kappa shape index (κ2) is 5.94. The number of nitrogens with one attached hydrogen (secondary N) is 1. The van der Waals surface area contributed by atoms with Gasteiger partial charge in [0.25, 0.3) is 5.91 Å². The molecule has 20 heavy (non-hydrogen) atoms. The van der Waals surface area contributed by atoms with Crippen molar-refractivity contribution in [1.29, 1.82) is 0 Å². The minimum Gasteiger partial charge on any atom is -0.451 e. The van der Waals surface area contributed by atoms with Crippen LogP contribution in [0.4, 0.5) is 5.69 Å². The Hall–Kier alpha value is -2.05. The summed E-state index contributed by atoms with van der Waals surface area (Å²) < 4.78 is 6.74. The summed E-state index contributed by atoms with van der Waals surface area (Å²) in [6.45, 7) is 4.18. The third kappa shape index (κ3) is 3.09. The molecule has 1 fully saturated rings. The van der Waals surface area contributed by atoms with Crippen molar-refractivity contribution >= 4 is 17.6 Å². The van der Waals surface area contributed by atoms with Gasteiger partial charge in [0, 0.05) is 6.54 Å². The number of hydrogen-bond donors (Lipinski definition) is 2. The topological polar surface area (TPSA) is 99.2 Å². The number of anilines is 1. The van der Waals surface area contributed by atoms with E-state index in [0.717, 1.165) is 18.5 Å². The number of nitrogens with zero attached hydrogens (tertiary/aromatic N) is 2. The Morgan fingerprint density at radius 3 is 2.90 bits per heavy atom. The Kier molecular flexibility index (Phi) is 4.26. The molecule has 0 aliphatic carbocycles. The van der Waals surface area contributed by atoms with Crippen LogP contribution in [0, 0.1) is 13.8 Å². The molecule has 1 amide bonds. The Morgan fingerprint density at radius 2 is 2.25 bits per heavy atom. The highest BCUT2D eigenvalue weighted by molar-refractivity contribution is 5.83. The van der Waals surface area contributed by atoms with Gasteiger partial charge in [0.2, 0.25) is 0 Å². The lowest BCUT2D eigenvalue weighted by atomic mass is 10.2. The van der Waals surface area contributed by atoms with Gasteiger partial charge in [0.15, 0.2) is 6.10 Å². The molecule has 1 aliphatic rings. The molecule has 0 bridgehead atoms.